The lowest BCUT2D eigenvalue weighted by Crippen LogP contribution is -2.39. The summed E-state index contributed by atoms with van der Waals surface area (Å²) < 4.78 is 28.2. The van der Waals surface area contributed by atoms with Gasteiger partial charge < -0.3 is 10.6 Å². The molecule has 1 aliphatic rings. The minimum absolute atomic E-state index is 0.110. The topological polar surface area (TPSA) is 29.3 Å². The van der Waals surface area contributed by atoms with Crippen LogP contribution in [0.2, 0.25) is 0 Å². The molecule has 0 saturated carbocycles. The van der Waals surface area contributed by atoms with E-state index in [1.807, 2.05) is 18.7 Å². The second-order valence-corrected chi connectivity index (χ2v) is 5.51. The van der Waals surface area contributed by atoms with Gasteiger partial charge in [0.1, 0.15) is 17.3 Å². The lowest BCUT2D eigenvalue weighted by Gasteiger charge is -2.34. The van der Waals surface area contributed by atoms with Crippen LogP contribution in [0.25, 0.3) is 0 Å². The highest BCUT2D eigenvalue weighted by Gasteiger charge is 2.35. The highest BCUT2D eigenvalue weighted by Crippen LogP contribution is 2.37. The second-order valence-electron chi connectivity index (χ2n) is 5.51. The molecule has 0 radical (unpaired) electrons. The zero-order valence-corrected chi connectivity index (χ0v) is 11.0. The number of nitrogens with two attached hydrogens (primary N) is 1. The summed E-state index contributed by atoms with van der Waals surface area (Å²) in [6.45, 7) is 5.14. The van der Waals surface area contributed by atoms with Gasteiger partial charge in [-0.05, 0) is 57.4 Å². The van der Waals surface area contributed by atoms with Crippen molar-refractivity contribution in [2.45, 2.75) is 38.6 Å². The first-order valence-electron chi connectivity index (χ1n) is 6.41. The van der Waals surface area contributed by atoms with Gasteiger partial charge in [0.05, 0.1) is 0 Å². The number of rotatable bonds is 3. The number of benzene rings is 1. The van der Waals surface area contributed by atoms with Crippen LogP contribution in [-0.4, -0.2) is 18.6 Å². The van der Waals surface area contributed by atoms with Crippen molar-refractivity contribution in [1.29, 1.82) is 0 Å². The highest BCUT2D eigenvalue weighted by molar-refractivity contribution is 5.53. The van der Waals surface area contributed by atoms with Gasteiger partial charge in [0.2, 0.25) is 0 Å². The number of hydrogen-bond acceptors (Lipinski definition) is 2. The summed E-state index contributed by atoms with van der Waals surface area (Å²) in [4.78, 5) is 1.84. The van der Waals surface area contributed by atoms with Crippen LogP contribution < -0.4 is 10.6 Å². The minimum atomic E-state index is -0.478. The van der Waals surface area contributed by atoms with Crippen LogP contribution in [0.5, 0.6) is 0 Å². The zero-order valence-electron chi connectivity index (χ0n) is 11.0. The predicted molar refractivity (Wildman–Crippen MR) is 69.8 cm³/mol. The van der Waals surface area contributed by atoms with Crippen molar-refractivity contribution in [2.75, 3.05) is 18.0 Å². The summed E-state index contributed by atoms with van der Waals surface area (Å²) in [5.41, 5.74) is 5.95. The van der Waals surface area contributed by atoms with E-state index in [0.29, 0.717) is 25.1 Å². The quantitative estimate of drug-likeness (QED) is 0.898. The van der Waals surface area contributed by atoms with Gasteiger partial charge in [-0.25, -0.2) is 8.78 Å². The van der Waals surface area contributed by atoms with Gasteiger partial charge in [-0.3, -0.25) is 0 Å². The average molecular weight is 254 g/mol. The minimum Gasteiger partial charge on any atom is -0.362 e. The van der Waals surface area contributed by atoms with Gasteiger partial charge in [-0.2, -0.15) is 0 Å². The largest absolute Gasteiger partial charge is 0.362 e. The van der Waals surface area contributed by atoms with E-state index >= 15 is 0 Å². The molecule has 100 valence electrons. The zero-order chi connectivity index (χ0) is 13.3. The number of hydrogen-bond donors (Lipinski definition) is 1. The van der Waals surface area contributed by atoms with Crippen LogP contribution in [0.3, 0.4) is 0 Å². The molecule has 4 heteroatoms. The third-order valence-corrected chi connectivity index (χ3v) is 3.68. The first-order valence-corrected chi connectivity index (χ1v) is 6.41. The fourth-order valence-electron chi connectivity index (χ4n) is 2.71. The highest BCUT2D eigenvalue weighted by atomic mass is 19.1. The molecule has 0 unspecified atom stereocenters. The Morgan fingerprint density at radius 1 is 1.28 bits per heavy atom. The Bertz CT molecular complexity index is 420. The van der Waals surface area contributed by atoms with E-state index in [1.54, 1.807) is 0 Å². The SMILES string of the molecule is CC1(C)CCCN1c1c(F)cc(CCN)cc1F. The first-order chi connectivity index (χ1) is 8.45. The van der Waals surface area contributed by atoms with Crippen LogP contribution in [0.1, 0.15) is 32.3 Å². The molecule has 2 nitrogen and oxygen atoms in total. The molecule has 1 aliphatic heterocycles. The van der Waals surface area contributed by atoms with Crippen LogP contribution in [-0.2, 0) is 6.42 Å². The van der Waals surface area contributed by atoms with E-state index in [4.69, 9.17) is 5.73 Å². The average Bonchev–Trinajstić information content (AvgIpc) is 2.58. The standard InChI is InChI=1S/C14H20F2N2/c1-14(2)5-3-7-18(14)13-11(15)8-10(4-6-17)9-12(13)16/h8-9H,3-7,17H2,1-2H3. The summed E-state index contributed by atoms with van der Waals surface area (Å²) in [6.07, 6.45) is 2.42. The fourth-order valence-corrected chi connectivity index (χ4v) is 2.71. The number of anilines is 1. The van der Waals surface area contributed by atoms with E-state index in [0.717, 1.165) is 12.8 Å². The molecule has 0 amide bonds. The summed E-state index contributed by atoms with van der Waals surface area (Å²) in [6, 6.07) is 2.80. The van der Waals surface area contributed by atoms with Crippen molar-refractivity contribution in [3.63, 3.8) is 0 Å². The van der Waals surface area contributed by atoms with E-state index in [-0.39, 0.29) is 11.2 Å². The molecular formula is C14H20F2N2. The molecule has 1 saturated heterocycles. The maximum atomic E-state index is 14.1. The van der Waals surface area contributed by atoms with Gasteiger partial charge >= 0.3 is 0 Å². The van der Waals surface area contributed by atoms with E-state index in [2.05, 4.69) is 0 Å². The lowest BCUT2D eigenvalue weighted by atomic mass is 10.0. The van der Waals surface area contributed by atoms with Gasteiger partial charge in [0, 0.05) is 12.1 Å². The smallest absolute Gasteiger partial charge is 0.149 e. The Morgan fingerprint density at radius 2 is 1.89 bits per heavy atom. The molecule has 2 rings (SSSR count). The Hall–Kier alpha value is -1.16. The van der Waals surface area contributed by atoms with Crippen molar-refractivity contribution in [3.8, 4) is 0 Å². The molecule has 0 aliphatic carbocycles. The Balaban J connectivity index is 2.39. The molecule has 0 aromatic heterocycles. The number of nitrogens with zero attached hydrogens (tertiary/aromatic N) is 1. The fraction of sp³-hybridized carbons (Fsp3) is 0.571. The van der Waals surface area contributed by atoms with Gasteiger partial charge in [0.15, 0.2) is 0 Å². The van der Waals surface area contributed by atoms with Crippen LogP contribution in [0.15, 0.2) is 12.1 Å². The van der Waals surface area contributed by atoms with Crippen molar-refractivity contribution in [1.82, 2.24) is 0 Å². The van der Waals surface area contributed by atoms with Crippen molar-refractivity contribution >= 4 is 5.69 Å². The summed E-state index contributed by atoms with van der Waals surface area (Å²) >= 11 is 0. The Morgan fingerprint density at radius 3 is 2.33 bits per heavy atom. The van der Waals surface area contributed by atoms with E-state index in [9.17, 15) is 8.78 Å². The van der Waals surface area contributed by atoms with E-state index in [1.165, 1.54) is 12.1 Å². The maximum Gasteiger partial charge on any atom is 0.149 e. The Labute approximate surface area is 107 Å². The second kappa shape index (κ2) is 4.84. The van der Waals surface area contributed by atoms with Crippen molar-refractivity contribution in [2.24, 2.45) is 5.73 Å². The molecule has 1 aromatic rings. The summed E-state index contributed by atoms with van der Waals surface area (Å²) in [5.74, 6) is -0.957. The summed E-state index contributed by atoms with van der Waals surface area (Å²) in [5, 5.41) is 0. The van der Waals surface area contributed by atoms with Gasteiger partial charge in [0.25, 0.3) is 0 Å². The maximum absolute atomic E-state index is 14.1. The molecule has 18 heavy (non-hydrogen) atoms. The third-order valence-electron chi connectivity index (χ3n) is 3.68. The molecule has 1 heterocycles. The lowest BCUT2D eigenvalue weighted by molar-refractivity contribution is 0.490. The van der Waals surface area contributed by atoms with Crippen LogP contribution >= 0.6 is 0 Å². The molecular weight excluding hydrogens is 234 g/mol. The monoisotopic (exact) mass is 254 g/mol. The van der Waals surface area contributed by atoms with Crippen molar-refractivity contribution < 1.29 is 8.78 Å². The first kappa shape index (κ1) is 13.3. The van der Waals surface area contributed by atoms with Crippen LogP contribution in [0.4, 0.5) is 14.5 Å². The number of halogens is 2. The molecule has 0 bridgehead atoms. The third kappa shape index (κ3) is 2.34. The molecule has 1 aromatic carbocycles. The molecule has 0 atom stereocenters. The van der Waals surface area contributed by atoms with Gasteiger partial charge in [-0.15, -0.1) is 0 Å². The van der Waals surface area contributed by atoms with Gasteiger partial charge in [-0.1, -0.05) is 0 Å². The van der Waals surface area contributed by atoms with Crippen LogP contribution in [0, 0.1) is 11.6 Å². The predicted octanol–water partition coefficient (Wildman–Crippen LogP) is 2.84. The molecule has 1 fully saturated rings. The van der Waals surface area contributed by atoms with E-state index < -0.39 is 11.6 Å². The van der Waals surface area contributed by atoms with Crippen molar-refractivity contribution in [3.05, 3.63) is 29.3 Å². The Kier molecular flexibility index (Phi) is 3.57. The summed E-state index contributed by atoms with van der Waals surface area (Å²) in [7, 11) is 0. The normalized spacial score (nSPS) is 18.4. The molecule has 2 N–H and O–H groups in total. The molecule has 0 spiro atoms.